The number of benzene rings is 3. The maximum atomic E-state index is 12.1. The first-order valence-corrected chi connectivity index (χ1v) is 10.2. The molecular formula is C24H26O4S. The molecule has 29 heavy (non-hydrogen) atoms. The number of thiol groups is 1. The Kier molecular flexibility index (Phi) is 6.18. The maximum absolute atomic E-state index is 12.1. The Balaban J connectivity index is 1.75. The van der Waals surface area contributed by atoms with Crippen LogP contribution >= 0.6 is 12.6 Å². The number of ether oxygens (including phenoxy) is 2. The summed E-state index contributed by atoms with van der Waals surface area (Å²) in [5.41, 5.74) is 0.243. The van der Waals surface area contributed by atoms with Crippen LogP contribution in [0.2, 0.25) is 0 Å². The minimum absolute atomic E-state index is 0.386. The molecule has 0 heterocycles. The van der Waals surface area contributed by atoms with Crippen LogP contribution in [0.5, 0.6) is 0 Å². The molecule has 0 amide bonds. The molecule has 0 aromatic heterocycles. The molecule has 4 nitrogen and oxygen atoms in total. The van der Waals surface area contributed by atoms with E-state index < -0.39 is 23.5 Å². The van der Waals surface area contributed by atoms with Gasteiger partial charge < -0.3 is 9.47 Å². The summed E-state index contributed by atoms with van der Waals surface area (Å²) in [6.07, 6.45) is 0.166. The van der Waals surface area contributed by atoms with Gasteiger partial charge in [0.25, 0.3) is 0 Å². The maximum Gasteiger partial charge on any atom is 0.344 e. The lowest BCUT2D eigenvalue weighted by Gasteiger charge is -2.20. The van der Waals surface area contributed by atoms with Crippen molar-refractivity contribution in [3.05, 3.63) is 54.1 Å². The number of hydrogen-bond donors (Lipinski definition) is 1. The van der Waals surface area contributed by atoms with Gasteiger partial charge in [-0.15, -0.1) is 12.6 Å². The number of hydrogen-bond acceptors (Lipinski definition) is 5. The van der Waals surface area contributed by atoms with Crippen molar-refractivity contribution in [2.45, 2.75) is 45.1 Å². The predicted molar refractivity (Wildman–Crippen MR) is 118 cm³/mol. The van der Waals surface area contributed by atoms with Gasteiger partial charge in [0.05, 0.1) is 5.41 Å². The van der Waals surface area contributed by atoms with Crippen molar-refractivity contribution >= 4 is 46.1 Å². The van der Waals surface area contributed by atoms with E-state index in [2.05, 4.69) is 24.8 Å². The van der Waals surface area contributed by atoms with E-state index in [0.29, 0.717) is 6.42 Å². The fourth-order valence-electron chi connectivity index (χ4n) is 3.12. The van der Waals surface area contributed by atoms with E-state index in [9.17, 15) is 9.59 Å². The highest BCUT2D eigenvalue weighted by atomic mass is 32.1. The van der Waals surface area contributed by atoms with Crippen molar-refractivity contribution in [1.29, 1.82) is 0 Å². The Morgan fingerprint density at radius 2 is 1.76 bits per heavy atom. The van der Waals surface area contributed by atoms with Crippen molar-refractivity contribution in [1.82, 2.24) is 0 Å². The van der Waals surface area contributed by atoms with Gasteiger partial charge in [-0.1, -0.05) is 43.3 Å². The Bertz CT molecular complexity index is 1070. The molecule has 0 bridgehead atoms. The van der Waals surface area contributed by atoms with E-state index in [1.807, 2.05) is 43.3 Å². The zero-order valence-corrected chi connectivity index (χ0v) is 18.1. The van der Waals surface area contributed by atoms with Crippen LogP contribution in [0.1, 0.15) is 45.8 Å². The van der Waals surface area contributed by atoms with Crippen LogP contribution in [-0.4, -0.2) is 18.5 Å². The first-order valence-electron chi connectivity index (χ1n) is 9.74. The van der Waals surface area contributed by atoms with Crippen molar-refractivity contribution in [2.24, 2.45) is 5.41 Å². The van der Waals surface area contributed by atoms with Gasteiger partial charge in [-0.2, -0.15) is 0 Å². The summed E-state index contributed by atoms with van der Waals surface area (Å²) in [7, 11) is 0. The molecule has 3 rings (SSSR count). The van der Waals surface area contributed by atoms with Crippen molar-refractivity contribution < 1.29 is 19.1 Å². The molecule has 5 heteroatoms. The molecule has 0 radical (unpaired) electrons. The van der Waals surface area contributed by atoms with Gasteiger partial charge in [0.2, 0.25) is 0 Å². The van der Waals surface area contributed by atoms with E-state index in [-0.39, 0.29) is 6.61 Å². The minimum Gasteiger partial charge on any atom is -0.455 e. The zero-order chi connectivity index (χ0) is 21.2. The fourth-order valence-corrected chi connectivity index (χ4v) is 3.44. The van der Waals surface area contributed by atoms with Crippen molar-refractivity contribution in [3.63, 3.8) is 0 Å². The first kappa shape index (κ1) is 21.2. The first-order chi connectivity index (χ1) is 13.7. The van der Waals surface area contributed by atoms with Crippen LogP contribution in [0.25, 0.3) is 21.5 Å². The molecule has 0 saturated carbocycles. The van der Waals surface area contributed by atoms with E-state index in [1.165, 1.54) is 0 Å². The van der Waals surface area contributed by atoms with Crippen LogP contribution < -0.4 is 0 Å². The van der Waals surface area contributed by atoms with E-state index in [0.717, 1.165) is 32.0 Å². The molecule has 0 fully saturated rings. The van der Waals surface area contributed by atoms with Gasteiger partial charge in [-0.3, -0.25) is 4.79 Å². The van der Waals surface area contributed by atoms with Crippen LogP contribution in [0.15, 0.2) is 53.4 Å². The molecule has 1 atom stereocenters. The molecule has 1 unspecified atom stereocenters. The second-order valence-corrected chi connectivity index (χ2v) is 8.35. The molecule has 0 spiro atoms. The van der Waals surface area contributed by atoms with Crippen LogP contribution in [0.3, 0.4) is 0 Å². The third-order valence-electron chi connectivity index (χ3n) is 5.40. The molecule has 0 saturated heterocycles. The second-order valence-electron chi connectivity index (χ2n) is 7.87. The van der Waals surface area contributed by atoms with Crippen LogP contribution in [-0.2, 0) is 19.1 Å². The zero-order valence-electron chi connectivity index (χ0n) is 17.2. The molecular weight excluding hydrogens is 384 g/mol. The molecule has 3 aromatic rings. The van der Waals surface area contributed by atoms with Gasteiger partial charge in [-0.05, 0) is 66.4 Å². The van der Waals surface area contributed by atoms with Crippen LogP contribution in [0.4, 0.5) is 0 Å². The summed E-state index contributed by atoms with van der Waals surface area (Å²) in [6, 6.07) is 16.2. The molecule has 0 aliphatic carbocycles. The summed E-state index contributed by atoms with van der Waals surface area (Å²) in [5.74, 6) is -0.968. The van der Waals surface area contributed by atoms with Crippen molar-refractivity contribution in [3.8, 4) is 0 Å². The fraction of sp³-hybridized carbons (Fsp3) is 0.333. The number of carbonyl (C=O) groups is 2. The summed E-state index contributed by atoms with van der Waals surface area (Å²) < 4.78 is 10.6. The largest absolute Gasteiger partial charge is 0.455 e. The Morgan fingerprint density at radius 1 is 1.03 bits per heavy atom. The number of carbonyl (C=O) groups excluding carboxylic acids is 2. The minimum atomic E-state index is -0.615. The summed E-state index contributed by atoms with van der Waals surface area (Å²) in [4.78, 5) is 25.0. The number of esters is 2. The smallest absolute Gasteiger partial charge is 0.344 e. The number of fused-ring (bicyclic) bond motifs is 3. The third-order valence-corrected chi connectivity index (χ3v) is 5.77. The van der Waals surface area contributed by atoms with E-state index in [1.54, 1.807) is 20.8 Å². The normalized spacial score (nSPS) is 12.7. The molecule has 3 aromatic carbocycles. The summed E-state index contributed by atoms with van der Waals surface area (Å²) >= 11 is 4.64. The third kappa shape index (κ3) is 4.56. The average molecular weight is 411 g/mol. The standard InChI is InChI=1S/C24H26O4S/c1-5-24(3,4)23(26)27-14-22(25)28-15(2)16-10-11-19-18-9-7-6-8-17(18)13-21(29)20(19)12-16/h6-13,15,29H,5,14H2,1-4H3. The highest BCUT2D eigenvalue weighted by Gasteiger charge is 2.28. The average Bonchev–Trinajstić information content (AvgIpc) is 2.71. The topological polar surface area (TPSA) is 52.6 Å². The van der Waals surface area contributed by atoms with Gasteiger partial charge in [0.15, 0.2) is 6.61 Å². The Hall–Kier alpha value is -2.53. The van der Waals surface area contributed by atoms with E-state index in [4.69, 9.17) is 9.47 Å². The number of rotatable bonds is 6. The van der Waals surface area contributed by atoms with Crippen LogP contribution in [0, 0.1) is 5.41 Å². The van der Waals surface area contributed by atoms with E-state index >= 15 is 0 Å². The molecule has 152 valence electrons. The second kappa shape index (κ2) is 8.46. The lowest BCUT2D eigenvalue weighted by molar-refractivity contribution is -0.167. The lowest BCUT2D eigenvalue weighted by Crippen LogP contribution is -2.28. The highest BCUT2D eigenvalue weighted by Crippen LogP contribution is 2.33. The Labute approximate surface area is 176 Å². The van der Waals surface area contributed by atoms with Gasteiger partial charge >= 0.3 is 11.9 Å². The Morgan fingerprint density at radius 3 is 2.48 bits per heavy atom. The lowest BCUT2D eigenvalue weighted by atomic mass is 9.91. The molecule has 0 aliphatic rings. The van der Waals surface area contributed by atoms with Gasteiger partial charge in [-0.25, -0.2) is 4.79 Å². The van der Waals surface area contributed by atoms with Gasteiger partial charge in [0.1, 0.15) is 6.10 Å². The van der Waals surface area contributed by atoms with Crippen molar-refractivity contribution in [2.75, 3.05) is 6.61 Å². The summed E-state index contributed by atoms with van der Waals surface area (Å²) in [6.45, 7) is 6.90. The SMILES string of the molecule is CCC(C)(C)C(=O)OCC(=O)OC(C)c1ccc2c(c1)c(S)cc1ccccc12. The quantitative estimate of drug-likeness (QED) is 0.314. The van der Waals surface area contributed by atoms with Gasteiger partial charge in [0, 0.05) is 4.90 Å². The molecule has 0 aliphatic heterocycles. The molecule has 0 N–H and O–H groups in total. The highest BCUT2D eigenvalue weighted by molar-refractivity contribution is 7.80. The predicted octanol–water partition coefficient (Wildman–Crippen LogP) is 5.87. The summed E-state index contributed by atoms with van der Waals surface area (Å²) in [5, 5.41) is 4.39. The monoisotopic (exact) mass is 410 g/mol.